The molecule has 1 amide bonds. The Balaban J connectivity index is 0. The average molecular weight is 170 g/mol. The van der Waals surface area contributed by atoms with Crippen molar-refractivity contribution in [2.24, 2.45) is 0 Å². The first-order valence-electron chi connectivity index (χ1n) is 2.23. The van der Waals surface area contributed by atoms with E-state index in [2.05, 4.69) is 0 Å². The zero-order chi connectivity index (χ0) is 7.44. The molecule has 0 aliphatic carbocycles. The van der Waals surface area contributed by atoms with Crippen molar-refractivity contribution >= 4 is 5.91 Å². The van der Waals surface area contributed by atoms with E-state index in [-0.39, 0.29) is 51.4 Å². The monoisotopic (exact) mass is 170 g/mol. The minimum Gasteiger partial charge on any atom is -0.369 e. The third kappa shape index (κ3) is 6.50. The average Bonchev–Trinajstić information content (AvgIpc) is 1.63. The summed E-state index contributed by atoms with van der Waals surface area (Å²) in [5.41, 5.74) is 0. The topological polar surface area (TPSA) is 63.5 Å². The quantitative estimate of drug-likeness (QED) is 0.187. The van der Waals surface area contributed by atoms with E-state index in [1.54, 1.807) is 0 Å². The Hall–Kier alpha value is 0.376. The van der Waals surface area contributed by atoms with Gasteiger partial charge in [0, 0.05) is 20.6 Å². The minimum absolute atomic E-state index is 0. The van der Waals surface area contributed by atoms with E-state index in [1.165, 1.54) is 14.1 Å². The van der Waals surface area contributed by atoms with Crippen molar-refractivity contribution < 1.29 is 61.1 Å². The maximum Gasteiger partial charge on any atom is 1.00 e. The van der Waals surface area contributed by atoms with Crippen LogP contribution in [0.5, 0.6) is 0 Å². The van der Waals surface area contributed by atoms with Crippen LogP contribution >= 0.6 is 0 Å². The van der Waals surface area contributed by atoms with Crippen LogP contribution in [0.2, 0.25) is 0 Å². The van der Waals surface area contributed by atoms with Crippen LogP contribution in [0.4, 0.5) is 0 Å². The summed E-state index contributed by atoms with van der Waals surface area (Å²) in [7, 11) is 2.89. The van der Waals surface area contributed by atoms with Gasteiger partial charge in [0.2, 0.25) is 0 Å². The SMILES string of the molecule is CN(C)C(=O)[CH-][N+](=O)[O-].[K+]. The van der Waals surface area contributed by atoms with E-state index in [4.69, 9.17) is 0 Å². The van der Waals surface area contributed by atoms with Gasteiger partial charge in [-0.25, -0.2) is 0 Å². The maximum absolute atomic E-state index is 10.4. The largest absolute Gasteiger partial charge is 1.00 e. The molecule has 6 heteroatoms. The smallest absolute Gasteiger partial charge is 0.369 e. The first-order chi connectivity index (χ1) is 4.04. The number of likely N-dealkylation sites (N-methyl/N-ethyl adjacent to an activating group) is 1. The third-order valence-electron chi connectivity index (χ3n) is 0.657. The van der Waals surface area contributed by atoms with Gasteiger partial charge in [0.15, 0.2) is 5.91 Å². The molecule has 0 atom stereocenters. The molecular formula is C4H7KN2O3. The van der Waals surface area contributed by atoms with Gasteiger partial charge in [-0.05, 0) is 0 Å². The van der Waals surface area contributed by atoms with Crippen molar-refractivity contribution in [3.05, 3.63) is 16.7 Å². The normalized spacial score (nSPS) is 7.40. The molecule has 52 valence electrons. The maximum atomic E-state index is 10.4. The van der Waals surface area contributed by atoms with Gasteiger partial charge in [0.25, 0.3) is 0 Å². The molecule has 0 bridgehead atoms. The number of rotatable bonds is 2. The van der Waals surface area contributed by atoms with Crippen LogP contribution in [0.25, 0.3) is 0 Å². The Bertz CT molecular complexity index is 136. The van der Waals surface area contributed by atoms with E-state index in [0.717, 1.165) is 4.90 Å². The molecule has 10 heavy (non-hydrogen) atoms. The van der Waals surface area contributed by atoms with Gasteiger partial charge in [0.1, 0.15) is 0 Å². The number of hydrogen-bond donors (Lipinski definition) is 0. The Kier molecular flexibility index (Phi) is 7.94. The predicted octanol–water partition coefficient (Wildman–Crippen LogP) is -3.48. The van der Waals surface area contributed by atoms with E-state index in [9.17, 15) is 14.9 Å². The fourth-order valence-corrected chi connectivity index (χ4v) is 0.206. The Labute approximate surface area is 101 Å². The first kappa shape index (κ1) is 13.0. The van der Waals surface area contributed by atoms with Crippen molar-refractivity contribution in [2.75, 3.05) is 14.1 Å². The molecule has 0 aromatic carbocycles. The number of nitro groups is 1. The number of nitrogens with zero attached hydrogens (tertiary/aromatic N) is 2. The summed E-state index contributed by atoms with van der Waals surface area (Å²) in [5, 5.41) is 9.62. The summed E-state index contributed by atoms with van der Waals surface area (Å²) in [6.07, 6.45) is 0. The summed E-state index contributed by atoms with van der Waals surface area (Å²) < 4.78 is 0. The molecule has 0 heterocycles. The summed E-state index contributed by atoms with van der Waals surface area (Å²) >= 11 is 0. The molecule has 0 spiro atoms. The molecule has 0 N–H and O–H groups in total. The van der Waals surface area contributed by atoms with E-state index in [0.29, 0.717) is 6.54 Å². The fourth-order valence-electron chi connectivity index (χ4n) is 0.206. The van der Waals surface area contributed by atoms with Crippen molar-refractivity contribution in [1.29, 1.82) is 0 Å². The van der Waals surface area contributed by atoms with Crippen molar-refractivity contribution in [2.45, 2.75) is 0 Å². The fraction of sp³-hybridized carbons (Fsp3) is 0.500. The standard InChI is InChI=1S/C4H7N2O3.K/c1-5(2)4(7)3-6(8)9;/h3H,1-2H3;/q-1;+1. The van der Waals surface area contributed by atoms with Crippen LogP contribution in [0.1, 0.15) is 0 Å². The zero-order valence-corrected chi connectivity index (χ0v) is 9.32. The summed E-state index contributed by atoms with van der Waals surface area (Å²) in [6.45, 7) is 0.417. The van der Waals surface area contributed by atoms with Gasteiger partial charge in [-0.2, -0.15) is 0 Å². The molecule has 0 unspecified atom stereocenters. The van der Waals surface area contributed by atoms with Crippen LogP contribution in [-0.4, -0.2) is 29.8 Å². The van der Waals surface area contributed by atoms with Crippen LogP contribution in [0, 0.1) is 16.7 Å². The zero-order valence-electron chi connectivity index (χ0n) is 6.20. The molecule has 0 rings (SSSR count). The van der Waals surface area contributed by atoms with Crippen molar-refractivity contribution in [3.8, 4) is 0 Å². The molecule has 0 radical (unpaired) electrons. The van der Waals surface area contributed by atoms with Crippen LogP contribution < -0.4 is 51.4 Å². The van der Waals surface area contributed by atoms with Crippen LogP contribution in [-0.2, 0) is 4.79 Å². The van der Waals surface area contributed by atoms with E-state index in [1.807, 2.05) is 0 Å². The molecule has 0 fully saturated rings. The molecule has 0 saturated carbocycles. The van der Waals surface area contributed by atoms with E-state index >= 15 is 0 Å². The second-order valence-electron chi connectivity index (χ2n) is 1.65. The minimum atomic E-state index is -0.775. The second-order valence-corrected chi connectivity index (χ2v) is 1.65. The van der Waals surface area contributed by atoms with Gasteiger partial charge in [-0.15, -0.1) is 4.92 Å². The van der Waals surface area contributed by atoms with Crippen LogP contribution in [0.3, 0.4) is 0 Å². The van der Waals surface area contributed by atoms with Crippen molar-refractivity contribution in [1.82, 2.24) is 4.90 Å². The molecular weight excluding hydrogens is 163 g/mol. The van der Waals surface area contributed by atoms with Gasteiger partial charge in [-0.1, -0.05) is 0 Å². The summed E-state index contributed by atoms with van der Waals surface area (Å²) in [4.78, 5) is 20.4. The summed E-state index contributed by atoms with van der Waals surface area (Å²) in [5.74, 6) is -0.611. The second kappa shape index (κ2) is 6.11. The molecule has 0 aromatic rings. The number of amides is 1. The first-order valence-corrected chi connectivity index (χ1v) is 2.23. The molecule has 0 aliphatic rings. The number of carbonyl (C=O) groups is 1. The van der Waals surface area contributed by atoms with Gasteiger partial charge in [-0.3, -0.25) is 10.1 Å². The number of hydrogen-bond acceptors (Lipinski definition) is 3. The van der Waals surface area contributed by atoms with E-state index < -0.39 is 10.8 Å². The predicted molar refractivity (Wildman–Crippen MR) is 30.0 cm³/mol. The van der Waals surface area contributed by atoms with Crippen LogP contribution in [0.15, 0.2) is 0 Å². The molecule has 0 saturated heterocycles. The third-order valence-corrected chi connectivity index (χ3v) is 0.657. The van der Waals surface area contributed by atoms with Gasteiger partial charge >= 0.3 is 51.4 Å². The molecule has 0 aliphatic heterocycles. The Morgan fingerprint density at radius 2 is 2.00 bits per heavy atom. The Morgan fingerprint density at radius 3 is 2.10 bits per heavy atom. The number of carbonyl (C=O) groups excluding carboxylic acids is 1. The van der Waals surface area contributed by atoms with Gasteiger partial charge in [0.05, 0.1) is 0 Å². The summed E-state index contributed by atoms with van der Waals surface area (Å²) in [6, 6.07) is 0. The van der Waals surface area contributed by atoms with Crippen molar-refractivity contribution in [3.63, 3.8) is 0 Å². The van der Waals surface area contributed by atoms with Gasteiger partial charge < -0.3 is 9.69 Å². The Morgan fingerprint density at radius 1 is 1.60 bits per heavy atom. The molecule has 0 aromatic heterocycles. The molecule has 5 nitrogen and oxygen atoms in total.